The summed E-state index contributed by atoms with van der Waals surface area (Å²) in [6.45, 7) is 0. The maximum Gasteiger partial charge on any atom is 0.186 e. The van der Waals surface area contributed by atoms with Crippen LogP contribution < -0.4 is 4.90 Å². The van der Waals surface area contributed by atoms with E-state index in [0.717, 1.165) is 23.7 Å². The molecule has 15 heavy (non-hydrogen) atoms. The van der Waals surface area contributed by atoms with Gasteiger partial charge in [-0.3, -0.25) is 4.79 Å². The molecule has 1 aromatic heterocycles. The fourth-order valence-corrected chi connectivity index (χ4v) is 3.18. The van der Waals surface area contributed by atoms with E-state index in [0.29, 0.717) is 12.5 Å². The van der Waals surface area contributed by atoms with Gasteiger partial charge in [-0.05, 0) is 25.7 Å². The van der Waals surface area contributed by atoms with Gasteiger partial charge in [0.05, 0.1) is 0 Å². The van der Waals surface area contributed by atoms with Crippen LogP contribution in [0.4, 0.5) is 5.13 Å². The molecule has 0 aromatic carbocycles. The maximum absolute atomic E-state index is 11.6. The Kier molecular flexibility index (Phi) is 2.06. The Morgan fingerprint density at radius 1 is 1.40 bits per heavy atom. The zero-order valence-electron chi connectivity index (χ0n) is 8.82. The minimum absolute atomic E-state index is 0.239. The van der Waals surface area contributed by atoms with E-state index in [9.17, 15) is 4.79 Å². The van der Waals surface area contributed by atoms with Gasteiger partial charge < -0.3 is 4.90 Å². The molecule has 1 fully saturated rings. The second kappa shape index (κ2) is 3.30. The molecule has 3 rings (SSSR count). The highest BCUT2D eigenvalue weighted by Gasteiger charge is 2.30. The lowest BCUT2D eigenvalue weighted by atomic mass is 10.0. The highest BCUT2D eigenvalue weighted by Crippen LogP contribution is 2.36. The Balaban J connectivity index is 1.93. The first-order valence-electron chi connectivity index (χ1n) is 5.51. The lowest BCUT2D eigenvalue weighted by molar-refractivity contribution is 0.0968. The number of anilines is 1. The van der Waals surface area contributed by atoms with Crippen molar-refractivity contribution in [3.63, 3.8) is 0 Å². The van der Waals surface area contributed by atoms with Crippen molar-refractivity contribution < 1.29 is 4.79 Å². The number of nitrogens with zero attached hydrogens (tertiary/aromatic N) is 2. The van der Waals surface area contributed by atoms with Gasteiger partial charge in [-0.1, -0.05) is 0 Å². The number of carbonyl (C=O) groups excluding carboxylic acids is 1. The van der Waals surface area contributed by atoms with Crippen LogP contribution in [0.25, 0.3) is 0 Å². The molecule has 0 spiro atoms. The summed E-state index contributed by atoms with van der Waals surface area (Å²) in [6, 6.07) is 0.674. The van der Waals surface area contributed by atoms with Crippen LogP contribution in [-0.4, -0.2) is 23.9 Å². The molecule has 4 heteroatoms. The lowest BCUT2D eigenvalue weighted by Gasteiger charge is -2.13. The largest absolute Gasteiger partial charge is 0.348 e. The summed E-state index contributed by atoms with van der Waals surface area (Å²) in [4.78, 5) is 19.6. The zero-order chi connectivity index (χ0) is 10.4. The van der Waals surface area contributed by atoms with Gasteiger partial charge in [0, 0.05) is 24.4 Å². The lowest BCUT2D eigenvalue weighted by Crippen LogP contribution is -2.19. The molecule has 1 saturated carbocycles. The van der Waals surface area contributed by atoms with E-state index in [4.69, 9.17) is 0 Å². The molecule has 2 aliphatic carbocycles. The molecule has 0 amide bonds. The molecule has 80 valence electrons. The van der Waals surface area contributed by atoms with E-state index < -0.39 is 0 Å². The van der Waals surface area contributed by atoms with Crippen molar-refractivity contribution >= 4 is 22.3 Å². The van der Waals surface area contributed by atoms with Crippen molar-refractivity contribution in [1.82, 2.24) is 4.98 Å². The van der Waals surface area contributed by atoms with Gasteiger partial charge in [-0.2, -0.15) is 0 Å². The number of hydrogen-bond donors (Lipinski definition) is 0. The summed E-state index contributed by atoms with van der Waals surface area (Å²) < 4.78 is 0. The first-order valence-corrected chi connectivity index (χ1v) is 6.33. The minimum Gasteiger partial charge on any atom is -0.348 e. The number of Topliss-reactive ketones (excluding diaryl/α,β-unsaturated/α-hetero) is 1. The van der Waals surface area contributed by atoms with Crippen molar-refractivity contribution in [2.45, 2.75) is 38.1 Å². The Morgan fingerprint density at radius 2 is 2.20 bits per heavy atom. The number of aromatic nitrogens is 1. The fraction of sp³-hybridized carbons (Fsp3) is 0.636. The number of ketones is 1. The second-order valence-electron chi connectivity index (χ2n) is 4.39. The molecule has 2 aliphatic rings. The number of carbonyl (C=O) groups is 1. The molecule has 0 bridgehead atoms. The van der Waals surface area contributed by atoms with E-state index in [1.54, 1.807) is 11.3 Å². The van der Waals surface area contributed by atoms with Gasteiger partial charge in [-0.15, -0.1) is 11.3 Å². The maximum atomic E-state index is 11.6. The molecular weight excluding hydrogens is 208 g/mol. The van der Waals surface area contributed by atoms with Crippen molar-refractivity contribution in [2.75, 3.05) is 11.9 Å². The van der Waals surface area contributed by atoms with Crippen molar-refractivity contribution in [2.24, 2.45) is 0 Å². The first-order chi connectivity index (χ1) is 7.25. The quantitative estimate of drug-likeness (QED) is 0.769. The number of aryl methyl sites for hydroxylation is 1. The van der Waals surface area contributed by atoms with E-state index in [1.807, 2.05) is 0 Å². The summed E-state index contributed by atoms with van der Waals surface area (Å²) in [6.07, 6.45) is 5.27. The Hall–Kier alpha value is -0.900. The number of hydrogen-bond acceptors (Lipinski definition) is 4. The standard InChI is InChI=1S/C11H14N2OS/c1-13(7-5-6-7)11-12-10-8(14)3-2-4-9(10)15-11/h7H,2-6H2,1H3. The third kappa shape index (κ3) is 1.57. The first kappa shape index (κ1) is 9.33. The second-order valence-corrected chi connectivity index (χ2v) is 5.45. The molecular formula is C11H14N2OS. The number of thiazole rings is 1. The van der Waals surface area contributed by atoms with E-state index in [2.05, 4.69) is 16.9 Å². The molecule has 0 atom stereocenters. The highest BCUT2D eigenvalue weighted by molar-refractivity contribution is 7.16. The van der Waals surface area contributed by atoms with E-state index >= 15 is 0 Å². The predicted molar refractivity (Wildman–Crippen MR) is 60.8 cm³/mol. The van der Waals surface area contributed by atoms with Gasteiger partial charge in [0.1, 0.15) is 5.69 Å². The van der Waals surface area contributed by atoms with Gasteiger partial charge in [0.25, 0.3) is 0 Å². The summed E-state index contributed by atoms with van der Waals surface area (Å²) in [5.74, 6) is 0.239. The Bertz CT molecular complexity index is 409. The molecule has 1 heterocycles. The average Bonchev–Trinajstić information content (AvgIpc) is 2.97. The van der Waals surface area contributed by atoms with E-state index in [1.165, 1.54) is 17.7 Å². The van der Waals surface area contributed by atoms with Crippen molar-refractivity contribution in [3.05, 3.63) is 10.6 Å². The summed E-state index contributed by atoms with van der Waals surface area (Å²) in [5.41, 5.74) is 0.758. The number of rotatable bonds is 2. The van der Waals surface area contributed by atoms with Crippen LogP contribution in [0.5, 0.6) is 0 Å². The van der Waals surface area contributed by atoms with Crippen LogP contribution in [-0.2, 0) is 6.42 Å². The smallest absolute Gasteiger partial charge is 0.186 e. The van der Waals surface area contributed by atoms with Gasteiger partial charge in [-0.25, -0.2) is 4.98 Å². The third-order valence-electron chi connectivity index (χ3n) is 3.15. The summed E-state index contributed by atoms with van der Waals surface area (Å²) in [7, 11) is 2.09. The number of fused-ring (bicyclic) bond motifs is 1. The molecule has 0 N–H and O–H groups in total. The van der Waals surface area contributed by atoms with Gasteiger partial charge in [0.2, 0.25) is 0 Å². The third-order valence-corrected chi connectivity index (χ3v) is 4.36. The van der Waals surface area contributed by atoms with Crippen LogP contribution in [0.15, 0.2) is 0 Å². The topological polar surface area (TPSA) is 33.2 Å². The van der Waals surface area contributed by atoms with Crippen LogP contribution in [0.3, 0.4) is 0 Å². The molecule has 1 aromatic rings. The van der Waals surface area contributed by atoms with E-state index in [-0.39, 0.29) is 5.78 Å². The molecule has 3 nitrogen and oxygen atoms in total. The predicted octanol–water partition coefficient (Wildman–Crippen LogP) is 2.26. The van der Waals surface area contributed by atoms with Crippen LogP contribution in [0.2, 0.25) is 0 Å². The summed E-state index contributed by atoms with van der Waals surface area (Å²) >= 11 is 1.71. The minimum atomic E-state index is 0.239. The van der Waals surface area contributed by atoms with Gasteiger partial charge in [0.15, 0.2) is 10.9 Å². The highest BCUT2D eigenvalue weighted by atomic mass is 32.1. The normalized spacial score (nSPS) is 20.2. The molecule has 0 aliphatic heterocycles. The van der Waals surface area contributed by atoms with Crippen LogP contribution >= 0.6 is 11.3 Å². The van der Waals surface area contributed by atoms with Crippen molar-refractivity contribution in [1.29, 1.82) is 0 Å². The molecule has 0 radical (unpaired) electrons. The Labute approximate surface area is 93.1 Å². The molecule has 0 unspecified atom stereocenters. The van der Waals surface area contributed by atoms with Crippen LogP contribution in [0, 0.1) is 0 Å². The Morgan fingerprint density at radius 3 is 2.87 bits per heavy atom. The van der Waals surface area contributed by atoms with Crippen molar-refractivity contribution in [3.8, 4) is 0 Å². The van der Waals surface area contributed by atoms with Gasteiger partial charge >= 0.3 is 0 Å². The summed E-state index contributed by atoms with van der Waals surface area (Å²) in [5, 5.41) is 1.04. The zero-order valence-corrected chi connectivity index (χ0v) is 9.64. The molecule has 0 saturated heterocycles. The average molecular weight is 222 g/mol. The monoisotopic (exact) mass is 222 g/mol. The fourth-order valence-electron chi connectivity index (χ4n) is 2.02. The van der Waals surface area contributed by atoms with Crippen LogP contribution in [0.1, 0.15) is 41.0 Å². The SMILES string of the molecule is CN(c1nc2c(s1)CCCC2=O)C1CC1.